The number of sulfonamides is 1. The van der Waals surface area contributed by atoms with Crippen LogP contribution in [0.15, 0.2) is 23.1 Å². The van der Waals surface area contributed by atoms with Gasteiger partial charge in [-0.1, -0.05) is 18.9 Å². The van der Waals surface area contributed by atoms with Crippen LogP contribution in [0.5, 0.6) is 0 Å². The molecule has 0 radical (unpaired) electrons. The molecule has 1 saturated heterocycles. The number of nitrogens with one attached hydrogen (secondary N) is 2. The van der Waals surface area contributed by atoms with Crippen LogP contribution in [0.25, 0.3) is 0 Å². The minimum Gasteiger partial charge on any atom is -0.379 e. The predicted molar refractivity (Wildman–Crippen MR) is 108 cm³/mol. The summed E-state index contributed by atoms with van der Waals surface area (Å²) in [5, 5.41) is 5.62. The molecule has 8 nitrogen and oxygen atoms in total. The number of benzene rings is 1. The highest BCUT2D eigenvalue weighted by molar-refractivity contribution is 7.89. The van der Waals surface area contributed by atoms with E-state index in [0.29, 0.717) is 44.0 Å². The zero-order valence-corrected chi connectivity index (χ0v) is 17.6. The highest BCUT2D eigenvalue weighted by Gasteiger charge is 2.27. The molecule has 0 unspecified atom stereocenters. The van der Waals surface area contributed by atoms with Crippen molar-refractivity contribution in [3.63, 3.8) is 0 Å². The molecule has 9 heteroatoms. The third-order valence-corrected chi connectivity index (χ3v) is 7.39. The average molecular weight is 424 g/mol. The number of nitrogens with zero attached hydrogens (tertiary/aromatic N) is 1. The number of aryl methyl sites for hydroxylation is 1. The molecular weight excluding hydrogens is 394 g/mol. The van der Waals surface area contributed by atoms with Crippen molar-refractivity contribution in [2.75, 3.05) is 39.4 Å². The first-order valence-corrected chi connectivity index (χ1v) is 11.6. The van der Waals surface area contributed by atoms with E-state index in [2.05, 4.69) is 10.6 Å². The molecule has 2 N–H and O–H groups in total. The fourth-order valence-electron chi connectivity index (χ4n) is 3.73. The van der Waals surface area contributed by atoms with Crippen molar-refractivity contribution in [2.24, 2.45) is 5.92 Å². The van der Waals surface area contributed by atoms with Gasteiger partial charge in [-0.2, -0.15) is 4.31 Å². The lowest BCUT2D eigenvalue weighted by molar-refractivity contribution is -0.124. The summed E-state index contributed by atoms with van der Waals surface area (Å²) in [5.74, 6) is -0.210. The zero-order valence-electron chi connectivity index (χ0n) is 16.8. The quantitative estimate of drug-likeness (QED) is 0.638. The number of hydrogen-bond donors (Lipinski definition) is 2. The summed E-state index contributed by atoms with van der Waals surface area (Å²) in [6, 6.07) is 4.59. The Labute approximate surface area is 172 Å². The molecule has 2 aliphatic rings. The van der Waals surface area contributed by atoms with Crippen molar-refractivity contribution >= 4 is 21.8 Å². The molecule has 1 saturated carbocycles. The summed E-state index contributed by atoms with van der Waals surface area (Å²) in [5.41, 5.74) is 1.01. The molecule has 2 fully saturated rings. The maximum Gasteiger partial charge on any atom is 0.251 e. The van der Waals surface area contributed by atoms with E-state index >= 15 is 0 Å². The number of hydrogen-bond acceptors (Lipinski definition) is 5. The van der Waals surface area contributed by atoms with E-state index in [4.69, 9.17) is 4.74 Å². The monoisotopic (exact) mass is 423 g/mol. The van der Waals surface area contributed by atoms with Gasteiger partial charge in [-0.25, -0.2) is 8.42 Å². The van der Waals surface area contributed by atoms with Crippen LogP contribution in [0.3, 0.4) is 0 Å². The minimum absolute atomic E-state index is 0.0477. The van der Waals surface area contributed by atoms with Gasteiger partial charge in [0.15, 0.2) is 0 Å². The molecule has 0 spiro atoms. The lowest BCUT2D eigenvalue weighted by atomic mass is 10.1. The topological polar surface area (TPSA) is 105 Å². The van der Waals surface area contributed by atoms with Gasteiger partial charge in [-0.3, -0.25) is 9.59 Å². The molecule has 160 valence electrons. The molecule has 1 aliphatic carbocycles. The molecular formula is C20H29N3O5S. The smallest absolute Gasteiger partial charge is 0.251 e. The average Bonchev–Trinajstić information content (AvgIpc) is 3.27. The molecule has 1 aromatic carbocycles. The van der Waals surface area contributed by atoms with Crippen LogP contribution >= 0.6 is 0 Å². The van der Waals surface area contributed by atoms with Crippen LogP contribution < -0.4 is 10.6 Å². The Morgan fingerprint density at radius 3 is 2.45 bits per heavy atom. The van der Waals surface area contributed by atoms with Crippen molar-refractivity contribution in [1.29, 1.82) is 0 Å². The molecule has 0 bridgehead atoms. The SMILES string of the molecule is Cc1ccc(S(=O)(=O)N2CCOCC2)cc1C(=O)NCCNC(=O)C1CCCC1. The van der Waals surface area contributed by atoms with Gasteiger partial charge in [0.2, 0.25) is 15.9 Å². The summed E-state index contributed by atoms with van der Waals surface area (Å²) < 4.78 is 32.2. The van der Waals surface area contributed by atoms with Crippen molar-refractivity contribution in [3.05, 3.63) is 29.3 Å². The second-order valence-corrected chi connectivity index (χ2v) is 9.46. The Hall–Kier alpha value is -1.97. The fourth-order valence-corrected chi connectivity index (χ4v) is 5.17. The normalized spacial score (nSPS) is 18.5. The molecule has 3 rings (SSSR count). The van der Waals surface area contributed by atoms with Crippen LogP contribution in [-0.4, -0.2) is 63.9 Å². The van der Waals surface area contributed by atoms with E-state index in [0.717, 1.165) is 25.7 Å². The second kappa shape index (κ2) is 9.69. The second-order valence-electron chi connectivity index (χ2n) is 7.52. The highest BCUT2D eigenvalue weighted by atomic mass is 32.2. The summed E-state index contributed by atoms with van der Waals surface area (Å²) in [6.45, 7) is 3.75. The van der Waals surface area contributed by atoms with Crippen LogP contribution in [0, 0.1) is 12.8 Å². The first kappa shape index (κ1) is 21.7. The zero-order chi connectivity index (χ0) is 20.9. The van der Waals surface area contributed by atoms with Crippen LogP contribution in [0.1, 0.15) is 41.6 Å². The first-order chi connectivity index (χ1) is 13.9. The first-order valence-electron chi connectivity index (χ1n) is 10.1. The van der Waals surface area contributed by atoms with Gasteiger partial charge in [0, 0.05) is 37.7 Å². The van der Waals surface area contributed by atoms with E-state index in [-0.39, 0.29) is 29.2 Å². The molecule has 1 heterocycles. The molecule has 1 aromatic rings. The lowest BCUT2D eigenvalue weighted by Crippen LogP contribution is -2.40. The summed E-state index contributed by atoms with van der Waals surface area (Å²) in [4.78, 5) is 24.7. The number of carbonyl (C=O) groups is 2. The van der Waals surface area contributed by atoms with Gasteiger partial charge in [-0.05, 0) is 37.5 Å². The van der Waals surface area contributed by atoms with E-state index in [1.54, 1.807) is 13.0 Å². The Kier molecular flexibility index (Phi) is 7.26. The van der Waals surface area contributed by atoms with E-state index in [9.17, 15) is 18.0 Å². The Morgan fingerprint density at radius 2 is 1.76 bits per heavy atom. The number of rotatable bonds is 7. The molecule has 2 amide bonds. The van der Waals surface area contributed by atoms with Gasteiger partial charge >= 0.3 is 0 Å². The fraction of sp³-hybridized carbons (Fsp3) is 0.600. The van der Waals surface area contributed by atoms with Crippen molar-refractivity contribution in [3.8, 4) is 0 Å². The summed E-state index contributed by atoms with van der Waals surface area (Å²) in [7, 11) is -3.66. The molecule has 1 aliphatic heterocycles. The van der Waals surface area contributed by atoms with Crippen LogP contribution in [-0.2, 0) is 19.6 Å². The highest BCUT2D eigenvalue weighted by Crippen LogP contribution is 2.24. The summed E-state index contributed by atoms with van der Waals surface area (Å²) in [6.07, 6.45) is 4.05. The van der Waals surface area contributed by atoms with E-state index in [1.807, 2.05) is 0 Å². The third-order valence-electron chi connectivity index (χ3n) is 5.50. The standard InChI is InChI=1S/C20H29N3O5S/c1-15-6-7-17(29(26,27)23-10-12-28-13-11-23)14-18(15)20(25)22-9-8-21-19(24)16-4-2-3-5-16/h6-7,14,16H,2-5,8-13H2,1H3,(H,21,24)(H,22,25). The predicted octanol–water partition coefficient (Wildman–Crippen LogP) is 1.05. The van der Waals surface area contributed by atoms with E-state index < -0.39 is 10.0 Å². The Bertz CT molecular complexity index is 844. The Balaban J connectivity index is 1.58. The van der Waals surface area contributed by atoms with Gasteiger partial charge in [0.1, 0.15) is 0 Å². The van der Waals surface area contributed by atoms with Crippen LogP contribution in [0.2, 0.25) is 0 Å². The van der Waals surface area contributed by atoms with Gasteiger partial charge in [0.05, 0.1) is 18.1 Å². The lowest BCUT2D eigenvalue weighted by Gasteiger charge is -2.26. The minimum atomic E-state index is -3.66. The number of ether oxygens (including phenoxy) is 1. The molecule has 0 atom stereocenters. The van der Waals surface area contributed by atoms with Crippen LogP contribution in [0.4, 0.5) is 0 Å². The molecule has 0 aromatic heterocycles. The number of amides is 2. The van der Waals surface area contributed by atoms with Gasteiger partial charge in [-0.15, -0.1) is 0 Å². The largest absolute Gasteiger partial charge is 0.379 e. The van der Waals surface area contributed by atoms with Gasteiger partial charge in [0.25, 0.3) is 5.91 Å². The summed E-state index contributed by atoms with van der Waals surface area (Å²) >= 11 is 0. The number of carbonyl (C=O) groups excluding carboxylic acids is 2. The van der Waals surface area contributed by atoms with Gasteiger partial charge < -0.3 is 15.4 Å². The van der Waals surface area contributed by atoms with Crippen molar-refractivity contribution in [2.45, 2.75) is 37.5 Å². The van der Waals surface area contributed by atoms with Crippen molar-refractivity contribution in [1.82, 2.24) is 14.9 Å². The maximum atomic E-state index is 12.8. The Morgan fingerprint density at radius 1 is 1.10 bits per heavy atom. The van der Waals surface area contributed by atoms with E-state index in [1.165, 1.54) is 16.4 Å². The number of morpholine rings is 1. The molecule has 29 heavy (non-hydrogen) atoms. The van der Waals surface area contributed by atoms with Crippen molar-refractivity contribution < 1.29 is 22.7 Å². The maximum absolute atomic E-state index is 12.8. The third kappa shape index (κ3) is 5.34.